The molecule has 2 N–H and O–H groups in total. The molecule has 2 rings (SSSR count). The molecule has 0 aliphatic heterocycles. The predicted molar refractivity (Wildman–Crippen MR) is 101 cm³/mol. The van der Waals surface area contributed by atoms with Crippen LogP contribution in [0.3, 0.4) is 0 Å². The van der Waals surface area contributed by atoms with Crippen LogP contribution in [0.15, 0.2) is 47.4 Å². The highest BCUT2D eigenvalue weighted by Crippen LogP contribution is 2.32. The minimum Gasteiger partial charge on any atom is -0.392 e. The average Bonchev–Trinajstić information content (AvgIpc) is 2.59. The van der Waals surface area contributed by atoms with E-state index in [0.717, 1.165) is 4.90 Å². The summed E-state index contributed by atoms with van der Waals surface area (Å²) in [5, 5.41) is 29.9. The molecule has 126 valence electrons. The van der Waals surface area contributed by atoms with Gasteiger partial charge in [0.15, 0.2) is 0 Å². The molecule has 0 fully saturated rings. The van der Waals surface area contributed by atoms with E-state index >= 15 is 0 Å². The minimum absolute atomic E-state index is 0.0729. The van der Waals surface area contributed by atoms with Crippen LogP contribution in [0.1, 0.15) is 16.7 Å². The van der Waals surface area contributed by atoms with Gasteiger partial charge in [-0.3, -0.25) is 10.1 Å². The van der Waals surface area contributed by atoms with Gasteiger partial charge >= 0.3 is 0 Å². The lowest BCUT2D eigenvalue weighted by Gasteiger charge is -2.10. The smallest absolute Gasteiger partial charge is 0.273 e. The van der Waals surface area contributed by atoms with Crippen LogP contribution in [0.25, 0.3) is 0 Å². The fraction of sp³-hybridized carbons (Fsp3) is 0.188. The first-order valence-corrected chi connectivity index (χ1v) is 9.16. The fourth-order valence-corrected chi connectivity index (χ4v) is 4.22. The Labute approximate surface area is 153 Å². The Hall–Kier alpha value is -1.45. The van der Waals surface area contributed by atoms with Crippen molar-refractivity contribution in [3.8, 4) is 0 Å². The van der Waals surface area contributed by atoms with Gasteiger partial charge in [-0.2, -0.15) is 0 Å². The first-order chi connectivity index (χ1) is 11.5. The van der Waals surface area contributed by atoms with Gasteiger partial charge in [0, 0.05) is 22.3 Å². The Morgan fingerprint density at radius 3 is 2.29 bits per heavy atom. The highest BCUT2D eigenvalue weighted by Gasteiger charge is 2.18. The Morgan fingerprint density at radius 2 is 1.71 bits per heavy atom. The standard InChI is InChI=1S/C16H15NO4S3/c18-8-11-6-13(15(17(20)21)7-12(11)9-19)10-23-16(22)24-14-4-2-1-3-5-14/h1-7,18-19H,8-10H2. The van der Waals surface area contributed by atoms with Crippen LogP contribution >= 0.6 is 35.7 Å². The Kier molecular flexibility index (Phi) is 7.19. The van der Waals surface area contributed by atoms with E-state index in [2.05, 4.69) is 0 Å². The molecular formula is C16H15NO4S3. The van der Waals surface area contributed by atoms with Gasteiger partial charge in [0.2, 0.25) is 0 Å². The van der Waals surface area contributed by atoms with E-state index in [4.69, 9.17) is 12.2 Å². The molecule has 0 amide bonds. The lowest BCUT2D eigenvalue weighted by molar-refractivity contribution is -0.385. The molecule has 5 nitrogen and oxygen atoms in total. The molecule has 24 heavy (non-hydrogen) atoms. The molecular weight excluding hydrogens is 366 g/mol. The van der Waals surface area contributed by atoms with Crippen LogP contribution in [-0.2, 0) is 19.0 Å². The molecule has 2 aromatic rings. The minimum atomic E-state index is -0.483. The summed E-state index contributed by atoms with van der Waals surface area (Å²) >= 11 is 8.08. The highest BCUT2D eigenvalue weighted by atomic mass is 32.2. The maximum atomic E-state index is 11.2. The van der Waals surface area contributed by atoms with Gasteiger partial charge in [0.05, 0.1) is 18.1 Å². The first-order valence-electron chi connectivity index (χ1n) is 6.95. The van der Waals surface area contributed by atoms with Crippen molar-refractivity contribution >= 4 is 45.0 Å². The zero-order chi connectivity index (χ0) is 17.5. The molecule has 0 bridgehead atoms. The van der Waals surface area contributed by atoms with Crippen LogP contribution in [0.4, 0.5) is 5.69 Å². The van der Waals surface area contributed by atoms with Gasteiger partial charge < -0.3 is 10.2 Å². The van der Waals surface area contributed by atoms with Gasteiger partial charge in [-0.25, -0.2) is 0 Å². The summed E-state index contributed by atoms with van der Waals surface area (Å²) < 4.78 is 0.660. The normalized spacial score (nSPS) is 10.6. The van der Waals surface area contributed by atoms with Crippen molar-refractivity contribution in [2.75, 3.05) is 0 Å². The van der Waals surface area contributed by atoms with Crippen molar-refractivity contribution in [1.29, 1.82) is 0 Å². The zero-order valence-electron chi connectivity index (χ0n) is 12.5. The maximum Gasteiger partial charge on any atom is 0.273 e. The largest absolute Gasteiger partial charge is 0.392 e. The number of nitrogens with zero attached hydrogens (tertiary/aromatic N) is 1. The fourth-order valence-electron chi connectivity index (χ4n) is 2.06. The van der Waals surface area contributed by atoms with E-state index in [0.29, 0.717) is 26.0 Å². The molecule has 0 aromatic heterocycles. The number of aliphatic hydroxyl groups excluding tert-OH is 2. The van der Waals surface area contributed by atoms with Gasteiger partial charge in [0.25, 0.3) is 5.69 Å². The van der Waals surface area contributed by atoms with E-state index in [1.807, 2.05) is 30.3 Å². The van der Waals surface area contributed by atoms with Crippen LogP contribution in [-0.4, -0.2) is 18.7 Å². The van der Waals surface area contributed by atoms with Crippen molar-refractivity contribution in [1.82, 2.24) is 0 Å². The number of thiocarbonyl (C=S) groups is 1. The van der Waals surface area contributed by atoms with Crippen LogP contribution in [0.5, 0.6) is 0 Å². The van der Waals surface area contributed by atoms with Gasteiger partial charge in [-0.1, -0.05) is 42.2 Å². The number of thioether (sulfide) groups is 2. The molecule has 0 unspecified atom stereocenters. The highest BCUT2D eigenvalue weighted by molar-refractivity contribution is 8.46. The average molecular weight is 382 g/mol. The number of hydrogen-bond acceptors (Lipinski definition) is 7. The van der Waals surface area contributed by atoms with E-state index in [9.17, 15) is 20.3 Å². The van der Waals surface area contributed by atoms with Crippen LogP contribution in [0.2, 0.25) is 0 Å². The molecule has 0 saturated heterocycles. The molecule has 0 atom stereocenters. The van der Waals surface area contributed by atoms with Crippen molar-refractivity contribution in [2.24, 2.45) is 0 Å². The second-order valence-electron chi connectivity index (χ2n) is 4.78. The topological polar surface area (TPSA) is 83.6 Å². The molecule has 0 spiro atoms. The SMILES string of the molecule is O=[N+]([O-])c1cc(CO)c(CO)cc1CSC(=S)Sc1ccccc1. The number of hydrogen-bond donors (Lipinski definition) is 2. The number of benzene rings is 2. The van der Waals surface area contributed by atoms with E-state index < -0.39 is 4.92 Å². The first kappa shape index (κ1) is 18.9. The van der Waals surface area contributed by atoms with Crippen molar-refractivity contribution < 1.29 is 15.1 Å². The number of aliphatic hydroxyl groups is 2. The second-order valence-corrected chi connectivity index (χ2v) is 8.03. The van der Waals surface area contributed by atoms with Gasteiger partial charge in [-0.15, -0.1) is 11.8 Å². The van der Waals surface area contributed by atoms with Crippen molar-refractivity contribution in [3.05, 3.63) is 69.3 Å². The molecule has 8 heteroatoms. The molecule has 0 radical (unpaired) electrons. The van der Waals surface area contributed by atoms with Crippen LogP contribution in [0, 0.1) is 10.1 Å². The lowest BCUT2D eigenvalue weighted by Crippen LogP contribution is -2.02. The monoisotopic (exact) mass is 381 g/mol. The third-order valence-corrected chi connectivity index (χ3v) is 5.80. The lowest BCUT2D eigenvalue weighted by atomic mass is 10.0. The van der Waals surface area contributed by atoms with E-state index in [-0.39, 0.29) is 18.9 Å². The van der Waals surface area contributed by atoms with Crippen molar-refractivity contribution in [2.45, 2.75) is 23.9 Å². The Bertz CT molecular complexity index is 738. The summed E-state index contributed by atoms with van der Waals surface area (Å²) in [5.41, 5.74) is 1.25. The van der Waals surface area contributed by atoms with Crippen LogP contribution < -0.4 is 0 Å². The van der Waals surface area contributed by atoms with Gasteiger partial charge in [-0.05, 0) is 29.3 Å². The predicted octanol–water partition coefficient (Wildman–Crippen LogP) is 3.89. The summed E-state index contributed by atoms with van der Waals surface area (Å²) in [6.45, 7) is -0.638. The number of nitro benzene ring substituents is 1. The zero-order valence-corrected chi connectivity index (χ0v) is 15.0. The summed E-state index contributed by atoms with van der Waals surface area (Å²) in [7, 11) is 0. The number of nitro groups is 1. The second kappa shape index (κ2) is 9.14. The molecule has 2 aromatic carbocycles. The number of rotatable bonds is 6. The Morgan fingerprint density at radius 1 is 1.08 bits per heavy atom. The summed E-state index contributed by atoms with van der Waals surface area (Å²) in [4.78, 5) is 11.8. The molecule has 0 aliphatic carbocycles. The molecule has 0 saturated carbocycles. The van der Waals surface area contributed by atoms with Gasteiger partial charge in [0.1, 0.15) is 3.53 Å². The summed E-state index contributed by atoms with van der Waals surface area (Å²) in [6.07, 6.45) is 0. The third-order valence-electron chi connectivity index (χ3n) is 3.23. The Balaban J connectivity index is 2.13. The third kappa shape index (κ3) is 5.02. The maximum absolute atomic E-state index is 11.2. The molecule has 0 heterocycles. The van der Waals surface area contributed by atoms with Crippen molar-refractivity contribution in [3.63, 3.8) is 0 Å². The molecule has 0 aliphatic rings. The summed E-state index contributed by atoms with van der Waals surface area (Å²) in [6, 6.07) is 12.5. The van der Waals surface area contributed by atoms with E-state index in [1.54, 1.807) is 6.07 Å². The summed E-state index contributed by atoms with van der Waals surface area (Å²) in [5.74, 6) is 0.327. The van der Waals surface area contributed by atoms with E-state index in [1.165, 1.54) is 29.6 Å². The quantitative estimate of drug-likeness (QED) is 0.340.